The Hall–Kier alpha value is -1.84. The lowest BCUT2D eigenvalue weighted by Crippen LogP contribution is -2.40. The zero-order valence-corrected chi connectivity index (χ0v) is 14.5. The zero-order chi connectivity index (χ0) is 16.8. The molecule has 2 aromatic rings. The van der Waals surface area contributed by atoms with Crippen molar-refractivity contribution in [2.45, 2.75) is 25.3 Å². The minimum Gasteiger partial charge on any atom is -0.350 e. The number of hydrogen-bond donors (Lipinski definition) is 1. The Morgan fingerprint density at radius 1 is 1.00 bits per heavy atom. The predicted molar refractivity (Wildman–Crippen MR) is 98.4 cm³/mol. The van der Waals surface area contributed by atoms with Gasteiger partial charge in [-0.3, -0.25) is 9.69 Å². The van der Waals surface area contributed by atoms with E-state index in [0.29, 0.717) is 17.1 Å². The SMILES string of the molecule is O=C(NC[C@@H](c1ccccc1)N1CCCCC1)c1ccccc1Cl. The van der Waals surface area contributed by atoms with Gasteiger partial charge in [-0.15, -0.1) is 0 Å². The summed E-state index contributed by atoms with van der Waals surface area (Å²) in [5, 5.41) is 3.56. The summed E-state index contributed by atoms with van der Waals surface area (Å²) in [6, 6.07) is 17.8. The molecule has 1 aliphatic rings. The topological polar surface area (TPSA) is 32.3 Å². The van der Waals surface area contributed by atoms with E-state index >= 15 is 0 Å². The van der Waals surface area contributed by atoms with Crippen molar-refractivity contribution in [2.24, 2.45) is 0 Å². The number of nitrogens with one attached hydrogen (secondary N) is 1. The molecule has 3 rings (SSSR count). The molecular formula is C20H23ClN2O. The highest BCUT2D eigenvalue weighted by atomic mass is 35.5. The van der Waals surface area contributed by atoms with Crippen molar-refractivity contribution < 1.29 is 4.79 Å². The number of carbonyl (C=O) groups excluding carboxylic acids is 1. The number of rotatable bonds is 5. The van der Waals surface area contributed by atoms with E-state index < -0.39 is 0 Å². The van der Waals surface area contributed by atoms with Crippen LogP contribution in [0, 0.1) is 0 Å². The molecule has 1 fully saturated rings. The Morgan fingerprint density at radius 3 is 2.38 bits per heavy atom. The van der Waals surface area contributed by atoms with Crippen molar-refractivity contribution in [1.29, 1.82) is 0 Å². The van der Waals surface area contributed by atoms with Gasteiger partial charge < -0.3 is 5.32 Å². The van der Waals surface area contributed by atoms with E-state index in [1.54, 1.807) is 12.1 Å². The molecular weight excluding hydrogens is 320 g/mol. The van der Waals surface area contributed by atoms with Crippen LogP contribution < -0.4 is 5.32 Å². The Bertz CT molecular complexity index is 668. The maximum Gasteiger partial charge on any atom is 0.252 e. The van der Waals surface area contributed by atoms with Crippen LogP contribution in [-0.4, -0.2) is 30.4 Å². The summed E-state index contributed by atoms with van der Waals surface area (Å²) in [7, 11) is 0. The molecule has 2 aromatic carbocycles. The molecule has 3 nitrogen and oxygen atoms in total. The number of piperidine rings is 1. The Morgan fingerprint density at radius 2 is 1.67 bits per heavy atom. The fraction of sp³-hybridized carbons (Fsp3) is 0.350. The lowest BCUT2D eigenvalue weighted by molar-refractivity contribution is 0.0924. The predicted octanol–water partition coefficient (Wildman–Crippen LogP) is 4.30. The summed E-state index contributed by atoms with van der Waals surface area (Å²) in [5.74, 6) is -0.112. The molecule has 1 N–H and O–H groups in total. The van der Waals surface area contributed by atoms with Crippen LogP contribution in [0.25, 0.3) is 0 Å². The molecule has 0 radical (unpaired) electrons. The van der Waals surface area contributed by atoms with Gasteiger partial charge in [0.25, 0.3) is 5.91 Å². The molecule has 0 bridgehead atoms. The molecule has 1 aliphatic heterocycles. The van der Waals surface area contributed by atoms with Crippen LogP contribution >= 0.6 is 11.6 Å². The molecule has 126 valence electrons. The first-order chi connectivity index (χ1) is 11.8. The lowest BCUT2D eigenvalue weighted by atomic mass is 10.0. The van der Waals surface area contributed by atoms with Crippen LogP contribution in [0.3, 0.4) is 0 Å². The van der Waals surface area contributed by atoms with Crippen molar-refractivity contribution in [3.8, 4) is 0 Å². The third kappa shape index (κ3) is 4.16. The number of nitrogens with zero attached hydrogens (tertiary/aromatic N) is 1. The smallest absolute Gasteiger partial charge is 0.252 e. The first kappa shape index (κ1) is 17.0. The molecule has 1 saturated heterocycles. The van der Waals surface area contributed by atoms with Crippen LogP contribution in [0.2, 0.25) is 5.02 Å². The van der Waals surface area contributed by atoms with Gasteiger partial charge in [0, 0.05) is 6.54 Å². The molecule has 4 heteroatoms. The van der Waals surface area contributed by atoms with Gasteiger partial charge in [0.2, 0.25) is 0 Å². The Kier molecular flexibility index (Phi) is 5.89. The molecule has 1 atom stereocenters. The standard InChI is InChI=1S/C20H23ClN2O/c21-18-12-6-5-11-17(18)20(24)22-15-19(16-9-3-1-4-10-16)23-13-7-2-8-14-23/h1,3-6,9-12,19H,2,7-8,13-15H2,(H,22,24)/t19-/m0/s1. The monoisotopic (exact) mass is 342 g/mol. The maximum atomic E-state index is 12.5. The van der Waals surface area contributed by atoms with Crippen LogP contribution in [-0.2, 0) is 0 Å². The highest BCUT2D eigenvalue weighted by molar-refractivity contribution is 6.33. The normalized spacial score (nSPS) is 16.5. The quantitative estimate of drug-likeness (QED) is 0.878. The highest BCUT2D eigenvalue weighted by Crippen LogP contribution is 2.24. The average Bonchev–Trinajstić information content (AvgIpc) is 2.64. The summed E-state index contributed by atoms with van der Waals surface area (Å²) in [4.78, 5) is 14.9. The summed E-state index contributed by atoms with van der Waals surface area (Å²) in [6.07, 6.45) is 3.74. The van der Waals surface area contributed by atoms with Gasteiger partial charge >= 0.3 is 0 Å². The van der Waals surface area contributed by atoms with Gasteiger partial charge in [-0.2, -0.15) is 0 Å². The lowest BCUT2D eigenvalue weighted by Gasteiger charge is -2.35. The molecule has 0 aromatic heterocycles. The summed E-state index contributed by atoms with van der Waals surface area (Å²) in [6.45, 7) is 2.76. The van der Waals surface area contributed by atoms with Crippen molar-refractivity contribution in [1.82, 2.24) is 10.2 Å². The molecule has 0 saturated carbocycles. The summed E-state index contributed by atoms with van der Waals surface area (Å²) in [5.41, 5.74) is 1.78. The zero-order valence-electron chi connectivity index (χ0n) is 13.7. The first-order valence-electron chi connectivity index (χ1n) is 8.57. The van der Waals surface area contributed by atoms with E-state index in [-0.39, 0.29) is 11.9 Å². The number of hydrogen-bond acceptors (Lipinski definition) is 2. The van der Waals surface area contributed by atoms with Crippen LogP contribution in [0.5, 0.6) is 0 Å². The van der Waals surface area contributed by atoms with E-state index in [4.69, 9.17) is 11.6 Å². The third-order valence-electron chi connectivity index (χ3n) is 4.59. The second kappa shape index (κ2) is 8.32. The average molecular weight is 343 g/mol. The molecule has 0 aliphatic carbocycles. The van der Waals surface area contributed by atoms with Gasteiger partial charge in [0.15, 0.2) is 0 Å². The number of benzene rings is 2. The molecule has 0 spiro atoms. The number of carbonyl (C=O) groups is 1. The van der Waals surface area contributed by atoms with Crippen molar-refractivity contribution in [3.05, 3.63) is 70.7 Å². The van der Waals surface area contributed by atoms with Crippen molar-refractivity contribution in [3.63, 3.8) is 0 Å². The second-order valence-corrected chi connectivity index (χ2v) is 6.62. The highest BCUT2D eigenvalue weighted by Gasteiger charge is 2.23. The van der Waals surface area contributed by atoms with Crippen LogP contribution in [0.4, 0.5) is 0 Å². The number of likely N-dealkylation sites (tertiary alicyclic amines) is 1. The van der Waals surface area contributed by atoms with Gasteiger partial charge in [-0.25, -0.2) is 0 Å². The van der Waals surface area contributed by atoms with Gasteiger partial charge in [0.05, 0.1) is 16.6 Å². The first-order valence-corrected chi connectivity index (χ1v) is 8.95. The molecule has 1 heterocycles. The largest absolute Gasteiger partial charge is 0.350 e. The summed E-state index contributed by atoms with van der Waals surface area (Å²) < 4.78 is 0. The second-order valence-electron chi connectivity index (χ2n) is 6.21. The van der Waals surface area contributed by atoms with Gasteiger partial charge in [-0.1, -0.05) is 60.5 Å². The van der Waals surface area contributed by atoms with Crippen molar-refractivity contribution >= 4 is 17.5 Å². The minimum atomic E-state index is -0.112. The Balaban J connectivity index is 1.72. The molecule has 24 heavy (non-hydrogen) atoms. The van der Waals surface area contributed by atoms with Crippen molar-refractivity contribution in [2.75, 3.05) is 19.6 Å². The van der Waals surface area contributed by atoms with Gasteiger partial charge in [-0.05, 0) is 43.6 Å². The fourth-order valence-electron chi connectivity index (χ4n) is 3.29. The van der Waals surface area contributed by atoms with E-state index in [2.05, 4.69) is 34.5 Å². The van der Waals surface area contributed by atoms with E-state index in [9.17, 15) is 4.79 Å². The molecule has 0 unspecified atom stereocenters. The van der Waals surface area contributed by atoms with E-state index in [1.165, 1.54) is 24.8 Å². The maximum absolute atomic E-state index is 12.5. The van der Waals surface area contributed by atoms with E-state index in [0.717, 1.165) is 13.1 Å². The fourth-order valence-corrected chi connectivity index (χ4v) is 3.51. The van der Waals surface area contributed by atoms with E-state index in [1.807, 2.05) is 18.2 Å². The van der Waals surface area contributed by atoms with Gasteiger partial charge in [0.1, 0.15) is 0 Å². The Labute approximate surface area is 148 Å². The number of amides is 1. The van der Waals surface area contributed by atoms with Crippen LogP contribution in [0.1, 0.15) is 41.2 Å². The number of halogens is 1. The van der Waals surface area contributed by atoms with Crippen LogP contribution in [0.15, 0.2) is 54.6 Å². The summed E-state index contributed by atoms with van der Waals surface area (Å²) >= 11 is 6.13. The molecule has 1 amide bonds. The minimum absolute atomic E-state index is 0.112. The third-order valence-corrected chi connectivity index (χ3v) is 4.92.